The van der Waals surface area contributed by atoms with Gasteiger partial charge in [-0.1, -0.05) is 49.4 Å². The fourth-order valence-electron chi connectivity index (χ4n) is 4.06. The Bertz CT molecular complexity index is 1180. The lowest BCUT2D eigenvalue weighted by molar-refractivity contribution is 0.315. The highest BCUT2D eigenvalue weighted by molar-refractivity contribution is 5.93. The van der Waals surface area contributed by atoms with Crippen molar-refractivity contribution in [1.29, 1.82) is 0 Å². The quantitative estimate of drug-likeness (QED) is 0.302. The molecule has 33 heavy (non-hydrogen) atoms. The van der Waals surface area contributed by atoms with Crippen molar-refractivity contribution in [3.63, 3.8) is 0 Å². The Hall–Kier alpha value is -3.50. The Morgan fingerprint density at radius 1 is 0.727 bits per heavy atom. The van der Waals surface area contributed by atoms with Crippen molar-refractivity contribution in [3.8, 4) is 28.4 Å². The third-order valence-corrected chi connectivity index (χ3v) is 5.84. The molecule has 0 bridgehead atoms. The first-order chi connectivity index (χ1) is 16.2. The first kappa shape index (κ1) is 22.7. The van der Waals surface area contributed by atoms with Crippen LogP contribution in [0.1, 0.15) is 18.1 Å². The average Bonchev–Trinajstić information content (AvgIpc) is 2.87. The van der Waals surface area contributed by atoms with Gasteiger partial charge in [0.05, 0.1) is 14.2 Å². The number of fused-ring (bicyclic) bond motifs is 1. The highest BCUT2D eigenvalue weighted by Crippen LogP contribution is 2.34. The van der Waals surface area contributed by atoms with Gasteiger partial charge >= 0.3 is 0 Å². The van der Waals surface area contributed by atoms with Crippen LogP contribution in [0.15, 0.2) is 78.9 Å². The van der Waals surface area contributed by atoms with Gasteiger partial charge in [0.1, 0.15) is 23.9 Å². The molecule has 0 saturated heterocycles. The first-order valence-corrected chi connectivity index (χ1v) is 11.4. The Labute approximate surface area is 196 Å². The monoisotopic (exact) mass is 441 g/mol. The molecular weight excluding hydrogens is 410 g/mol. The zero-order valence-electron chi connectivity index (χ0n) is 19.6. The van der Waals surface area contributed by atoms with Crippen LogP contribution in [-0.4, -0.2) is 33.9 Å². The molecule has 0 aliphatic carbocycles. The number of likely N-dealkylation sites (N-methyl/N-ethyl adjacent to an activating group) is 1. The lowest BCUT2D eigenvalue weighted by Gasteiger charge is -2.15. The van der Waals surface area contributed by atoms with Gasteiger partial charge in [-0.15, -0.1) is 0 Å². The van der Waals surface area contributed by atoms with Crippen LogP contribution >= 0.6 is 0 Å². The maximum atomic E-state index is 5.84. The molecule has 4 aromatic carbocycles. The van der Waals surface area contributed by atoms with E-state index in [-0.39, 0.29) is 0 Å². The molecule has 0 heterocycles. The van der Waals surface area contributed by atoms with Gasteiger partial charge in [-0.3, -0.25) is 0 Å². The van der Waals surface area contributed by atoms with Gasteiger partial charge < -0.3 is 19.5 Å². The molecule has 0 aliphatic heterocycles. The molecule has 170 valence electrons. The zero-order chi connectivity index (χ0) is 23.0. The molecule has 0 amide bonds. The second-order valence-electron chi connectivity index (χ2n) is 7.93. The number of ether oxygens (including phenoxy) is 3. The summed E-state index contributed by atoms with van der Waals surface area (Å²) in [6, 6.07) is 27.4. The highest BCUT2D eigenvalue weighted by atomic mass is 16.5. The highest BCUT2D eigenvalue weighted by Gasteiger charge is 2.12. The summed E-state index contributed by atoms with van der Waals surface area (Å²) in [4.78, 5) is 0. The van der Waals surface area contributed by atoms with Crippen molar-refractivity contribution in [2.45, 2.75) is 13.3 Å². The SMILES string of the molecule is CCNCCOc1ccc(Cc2c(-c3ccc(OC)cc3)ccc3cc(OC)ccc23)cc1. The molecule has 0 spiro atoms. The summed E-state index contributed by atoms with van der Waals surface area (Å²) in [5.74, 6) is 2.62. The lowest BCUT2D eigenvalue weighted by atomic mass is 9.90. The number of rotatable bonds is 10. The van der Waals surface area contributed by atoms with E-state index < -0.39 is 0 Å². The summed E-state index contributed by atoms with van der Waals surface area (Å²) in [5.41, 5.74) is 4.93. The molecule has 4 aromatic rings. The van der Waals surface area contributed by atoms with Crippen molar-refractivity contribution in [2.24, 2.45) is 0 Å². The minimum Gasteiger partial charge on any atom is -0.497 e. The second-order valence-corrected chi connectivity index (χ2v) is 7.93. The molecule has 0 aromatic heterocycles. The summed E-state index contributed by atoms with van der Waals surface area (Å²) < 4.78 is 16.6. The van der Waals surface area contributed by atoms with Crippen LogP contribution in [0.2, 0.25) is 0 Å². The molecule has 0 aliphatic rings. The number of methoxy groups -OCH3 is 2. The predicted molar refractivity (Wildman–Crippen MR) is 136 cm³/mol. The summed E-state index contributed by atoms with van der Waals surface area (Å²) >= 11 is 0. The maximum Gasteiger partial charge on any atom is 0.119 e. The van der Waals surface area contributed by atoms with E-state index in [0.717, 1.165) is 36.8 Å². The fraction of sp³-hybridized carbons (Fsp3) is 0.241. The lowest BCUT2D eigenvalue weighted by Crippen LogP contribution is -2.20. The van der Waals surface area contributed by atoms with Gasteiger partial charge in [-0.25, -0.2) is 0 Å². The van der Waals surface area contributed by atoms with Crippen LogP contribution in [-0.2, 0) is 6.42 Å². The smallest absolute Gasteiger partial charge is 0.119 e. The summed E-state index contributed by atoms with van der Waals surface area (Å²) in [5, 5.41) is 5.68. The molecule has 0 radical (unpaired) electrons. The van der Waals surface area contributed by atoms with Gasteiger partial charge in [-0.05, 0) is 82.4 Å². The minimum atomic E-state index is 0.667. The molecule has 1 N–H and O–H groups in total. The Morgan fingerprint density at radius 2 is 1.42 bits per heavy atom. The summed E-state index contributed by atoms with van der Waals surface area (Å²) in [6.07, 6.45) is 0.822. The van der Waals surface area contributed by atoms with Gasteiger partial charge in [0.2, 0.25) is 0 Å². The van der Waals surface area contributed by atoms with Crippen LogP contribution < -0.4 is 19.5 Å². The van der Waals surface area contributed by atoms with Gasteiger partial charge in [0.25, 0.3) is 0 Å². The van der Waals surface area contributed by atoms with E-state index in [1.54, 1.807) is 14.2 Å². The van der Waals surface area contributed by atoms with E-state index in [1.807, 2.05) is 18.2 Å². The molecule has 4 heteroatoms. The van der Waals surface area contributed by atoms with Crippen LogP contribution in [0, 0.1) is 0 Å². The van der Waals surface area contributed by atoms with Crippen molar-refractivity contribution >= 4 is 10.8 Å². The third-order valence-electron chi connectivity index (χ3n) is 5.84. The van der Waals surface area contributed by atoms with E-state index in [1.165, 1.54) is 33.0 Å². The molecule has 4 rings (SSSR count). The molecule has 0 saturated carbocycles. The third kappa shape index (κ3) is 5.47. The van der Waals surface area contributed by atoms with Crippen molar-refractivity contribution < 1.29 is 14.2 Å². The number of hydrogen-bond acceptors (Lipinski definition) is 4. The van der Waals surface area contributed by atoms with Crippen LogP contribution in [0.25, 0.3) is 21.9 Å². The molecule has 0 fully saturated rings. The van der Waals surface area contributed by atoms with Gasteiger partial charge in [0, 0.05) is 6.54 Å². The fourth-order valence-corrected chi connectivity index (χ4v) is 4.06. The van der Waals surface area contributed by atoms with Crippen LogP contribution in [0.3, 0.4) is 0 Å². The predicted octanol–water partition coefficient (Wildman–Crippen LogP) is 6.10. The molecule has 4 nitrogen and oxygen atoms in total. The van der Waals surface area contributed by atoms with E-state index in [0.29, 0.717) is 6.61 Å². The molecule has 0 atom stereocenters. The summed E-state index contributed by atoms with van der Waals surface area (Å²) in [7, 11) is 3.40. The van der Waals surface area contributed by atoms with Crippen LogP contribution in [0.4, 0.5) is 0 Å². The number of hydrogen-bond donors (Lipinski definition) is 1. The Morgan fingerprint density at radius 3 is 2.12 bits per heavy atom. The maximum absolute atomic E-state index is 5.84. The average molecular weight is 442 g/mol. The minimum absolute atomic E-state index is 0.667. The van der Waals surface area contributed by atoms with Crippen molar-refractivity contribution in [1.82, 2.24) is 5.32 Å². The summed E-state index contributed by atoms with van der Waals surface area (Å²) in [6.45, 7) is 4.57. The normalized spacial score (nSPS) is 10.9. The Kier molecular flexibility index (Phi) is 7.48. The molecule has 0 unspecified atom stereocenters. The van der Waals surface area contributed by atoms with E-state index in [9.17, 15) is 0 Å². The van der Waals surface area contributed by atoms with E-state index >= 15 is 0 Å². The zero-order valence-corrected chi connectivity index (χ0v) is 19.6. The van der Waals surface area contributed by atoms with Crippen molar-refractivity contribution in [3.05, 3.63) is 90.0 Å². The van der Waals surface area contributed by atoms with Gasteiger partial charge in [-0.2, -0.15) is 0 Å². The van der Waals surface area contributed by atoms with Crippen molar-refractivity contribution in [2.75, 3.05) is 33.9 Å². The van der Waals surface area contributed by atoms with E-state index in [4.69, 9.17) is 14.2 Å². The van der Waals surface area contributed by atoms with Crippen LogP contribution in [0.5, 0.6) is 17.2 Å². The van der Waals surface area contributed by atoms with E-state index in [2.05, 4.69) is 72.9 Å². The molecular formula is C29H31NO3. The number of nitrogens with one attached hydrogen (secondary N) is 1. The number of benzene rings is 4. The standard InChI is InChI=1S/C29H31NO3/c1-4-30-17-18-33-25-10-5-21(6-11-25)19-29-27(22-7-12-24(31-2)13-8-22)15-9-23-20-26(32-3)14-16-28(23)29/h5-16,20,30H,4,17-19H2,1-3H3. The Balaban J connectivity index is 1.67. The topological polar surface area (TPSA) is 39.7 Å². The largest absolute Gasteiger partial charge is 0.497 e. The first-order valence-electron chi connectivity index (χ1n) is 11.4. The van der Waals surface area contributed by atoms with Gasteiger partial charge in [0.15, 0.2) is 0 Å². The second kappa shape index (κ2) is 10.9.